The third-order valence-electron chi connectivity index (χ3n) is 4.84. The van der Waals surface area contributed by atoms with Gasteiger partial charge in [-0.15, -0.1) is 10.2 Å². The molecule has 4 rings (SSSR count). The second kappa shape index (κ2) is 9.53. The third-order valence-corrected chi connectivity index (χ3v) is 6.84. The molecule has 0 radical (unpaired) electrons. The van der Waals surface area contributed by atoms with E-state index in [1.54, 1.807) is 6.20 Å². The van der Waals surface area contributed by atoms with Crippen molar-refractivity contribution in [2.24, 2.45) is 0 Å². The molecule has 4 heterocycles. The van der Waals surface area contributed by atoms with Crippen LogP contribution in [-0.2, 0) is 9.53 Å². The van der Waals surface area contributed by atoms with Gasteiger partial charge in [-0.2, -0.15) is 0 Å². The van der Waals surface area contributed by atoms with Crippen molar-refractivity contribution >= 4 is 40.0 Å². The highest BCUT2D eigenvalue weighted by Crippen LogP contribution is 2.26. The minimum Gasteiger partial charge on any atom is -0.376 e. The fourth-order valence-corrected chi connectivity index (χ4v) is 4.95. The zero-order chi connectivity index (χ0) is 19.2. The van der Waals surface area contributed by atoms with Crippen molar-refractivity contribution in [3.63, 3.8) is 0 Å². The molecule has 28 heavy (non-hydrogen) atoms. The minimum atomic E-state index is 0.148. The predicted molar refractivity (Wildman–Crippen MR) is 111 cm³/mol. The van der Waals surface area contributed by atoms with Gasteiger partial charge in [-0.25, -0.2) is 4.98 Å². The van der Waals surface area contributed by atoms with Crippen molar-refractivity contribution in [1.29, 1.82) is 0 Å². The van der Waals surface area contributed by atoms with Gasteiger partial charge in [-0.05, 0) is 25.0 Å². The van der Waals surface area contributed by atoms with Gasteiger partial charge < -0.3 is 19.9 Å². The maximum atomic E-state index is 12.5. The highest BCUT2D eigenvalue weighted by atomic mass is 32.2. The summed E-state index contributed by atoms with van der Waals surface area (Å²) in [5.74, 6) is 1.51. The van der Waals surface area contributed by atoms with Crippen molar-refractivity contribution in [2.75, 3.05) is 55.3 Å². The van der Waals surface area contributed by atoms with Crippen LogP contribution in [0.2, 0.25) is 0 Å². The minimum absolute atomic E-state index is 0.148. The second-order valence-corrected chi connectivity index (χ2v) is 8.93. The van der Waals surface area contributed by atoms with E-state index in [1.165, 1.54) is 23.1 Å². The maximum Gasteiger partial charge on any atom is 0.233 e. The van der Waals surface area contributed by atoms with Crippen LogP contribution in [0.15, 0.2) is 28.7 Å². The van der Waals surface area contributed by atoms with Crippen LogP contribution in [0, 0.1) is 0 Å². The molecule has 0 spiro atoms. The van der Waals surface area contributed by atoms with Gasteiger partial charge in [0.15, 0.2) is 4.34 Å². The highest BCUT2D eigenvalue weighted by Gasteiger charge is 2.22. The lowest BCUT2D eigenvalue weighted by molar-refractivity contribution is -0.128. The number of carbonyl (C=O) groups excluding carboxylic acids is 1. The number of aromatic nitrogens is 3. The number of nitrogens with one attached hydrogen (secondary N) is 1. The molecule has 2 saturated heterocycles. The molecule has 2 fully saturated rings. The molecule has 0 saturated carbocycles. The van der Waals surface area contributed by atoms with Crippen molar-refractivity contribution in [1.82, 2.24) is 20.1 Å². The van der Waals surface area contributed by atoms with E-state index >= 15 is 0 Å². The van der Waals surface area contributed by atoms with E-state index in [0.29, 0.717) is 5.75 Å². The lowest BCUT2D eigenvalue weighted by Crippen LogP contribution is -2.49. The molecular formula is C18H24N6O2S2. The highest BCUT2D eigenvalue weighted by molar-refractivity contribution is 8.01. The van der Waals surface area contributed by atoms with E-state index in [-0.39, 0.29) is 12.0 Å². The van der Waals surface area contributed by atoms with Crippen molar-refractivity contribution in [3.05, 3.63) is 24.4 Å². The normalized spacial score (nSPS) is 19.8. The summed E-state index contributed by atoms with van der Waals surface area (Å²) in [6.45, 7) is 4.67. The van der Waals surface area contributed by atoms with E-state index in [4.69, 9.17) is 4.74 Å². The molecule has 2 aromatic heterocycles. The first-order valence-corrected chi connectivity index (χ1v) is 11.3. The van der Waals surface area contributed by atoms with Crippen LogP contribution in [0.25, 0.3) is 0 Å². The zero-order valence-electron chi connectivity index (χ0n) is 15.6. The Morgan fingerprint density at radius 1 is 1.29 bits per heavy atom. The van der Waals surface area contributed by atoms with E-state index < -0.39 is 0 Å². The molecule has 1 unspecified atom stereocenters. The maximum absolute atomic E-state index is 12.5. The molecule has 2 aromatic rings. The van der Waals surface area contributed by atoms with Gasteiger partial charge in [0.1, 0.15) is 5.82 Å². The van der Waals surface area contributed by atoms with Gasteiger partial charge in [0.25, 0.3) is 0 Å². The van der Waals surface area contributed by atoms with Gasteiger partial charge in [0.05, 0.1) is 11.9 Å². The number of anilines is 2. The molecule has 1 N–H and O–H groups in total. The Kier molecular flexibility index (Phi) is 6.61. The number of hydrogen-bond donors (Lipinski definition) is 1. The predicted octanol–water partition coefficient (Wildman–Crippen LogP) is 1.96. The molecule has 0 aromatic carbocycles. The summed E-state index contributed by atoms with van der Waals surface area (Å²) in [6, 6.07) is 5.91. The lowest BCUT2D eigenvalue weighted by Gasteiger charge is -2.35. The Labute approximate surface area is 172 Å². The zero-order valence-corrected chi connectivity index (χ0v) is 17.3. The first-order valence-electron chi connectivity index (χ1n) is 9.53. The largest absolute Gasteiger partial charge is 0.376 e. The molecule has 10 heteroatoms. The summed E-state index contributed by atoms with van der Waals surface area (Å²) in [7, 11) is 0. The number of carbonyl (C=O) groups is 1. The third kappa shape index (κ3) is 5.12. The van der Waals surface area contributed by atoms with Crippen LogP contribution in [0.1, 0.15) is 12.8 Å². The lowest BCUT2D eigenvalue weighted by atomic mass is 10.2. The first-order chi connectivity index (χ1) is 13.8. The average Bonchev–Trinajstić information content (AvgIpc) is 3.43. The van der Waals surface area contributed by atoms with Gasteiger partial charge >= 0.3 is 0 Å². The van der Waals surface area contributed by atoms with Crippen molar-refractivity contribution < 1.29 is 9.53 Å². The quantitative estimate of drug-likeness (QED) is 0.681. The van der Waals surface area contributed by atoms with E-state index in [9.17, 15) is 4.79 Å². The molecule has 0 bridgehead atoms. The number of piperazine rings is 1. The molecular weight excluding hydrogens is 396 g/mol. The van der Waals surface area contributed by atoms with Crippen molar-refractivity contribution in [3.8, 4) is 0 Å². The van der Waals surface area contributed by atoms with Crippen LogP contribution < -0.4 is 10.2 Å². The fraction of sp³-hybridized carbons (Fsp3) is 0.556. The molecule has 1 amide bonds. The molecule has 0 aliphatic carbocycles. The molecule has 150 valence electrons. The Bertz CT molecular complexity index is 760. The van der Waals surface area contributed by atoms with Crippen LogP contribution in [0.3, 0.4) is 0 Å². The Balaban J connectivity index is 1.18. The van der Waals surface area contributed by atoms with Gasteiger partial charge in [0, 0.05) is 45.5 Å². The summed E-state index contributed by atoms with van der Waals surface area (Å²) in [6.07, 6.45) is 4.29. The van der Waals surface area contributed by atoms with Crippen LogP contribution in [-0.4, -0.2) is 77.2 Å². The van der Waals surface area contributed by atoms with Gasteiger partial charge in [0.2, 0.25) is 11.0 Å². The van der Waals surface area contributed by atoms with E-state index in [2.05, 4.69) is 25.4 Å². The second-order valence-electron chi connectivity index (χ2n) is 6.73. The number of thioether (sulfide) groups is 1. The number of hydrogen-bond acceptors (Lipinski definition) is 9. The molecule has 2 aliphatic heterocycles. The monoisotopic (exact) mass is 420 g/mol. The Hall–Kier alpha value is -1.91. The molecule has 8 nitrogen and oxygen atoms in total. The van der Waals surface area contributed by atoms with Crippen LogP contribution in [0.4, 0.5) is 10.9 Å². The number of ether oxygens (including phenoxy) is 1. The number of rotatable bonds is 7. The summed E-state index contributed by atoms with van der Waals surface area (Å²) < 4.78 is 6.41. The van der Waals surface area contributed by atoms with E-state index in [1.807, 2.05) is 23.1 Å². The topological polar surface area (TPSA) is 83.5 Å². The van der Waals surface area contributed by atoms with Crippen LogP contribution >= 0.6 is 23.1 Å². The summed E-state index contributed by atoms with van der Waals surface area (Å²) in [5, 5.41) is 12.4. The number of amides is 1. The Morgan fingerprint density at radius 2 is 2.18 bits per heavy atom. The number of nitrogens with zero attached hydrogens (tertiary/aromatic N) is 5. The molecule has 1 atom stereocenters. The summed E-state index contributed by atoms with van der Waals surface area (Å²) in [4.78, 5) is 21.0. The van der Waals surface area contributed by atoms with Gasteiger partial charge in [-0.3, -0.25) is 4.79 Å². The Morgan fingerprint density at radius 3 is 2.93 bits per heavy atom. The summed E-state index contributed by atoms with van der Waals surface area (Å²) >= 11 is 2.94. The molecule has 2 aliphatic rings. The first kappa shape index (κ1) is 19.4. The van der Waals surface area contributed by atoms with Crippen LogP contribution in [0.5, 0.6) is 0 Å². The van der Waals surface area contributed by atoms with E-state index in [0.717, 1.165) is 67.5 Å². The van der Waals surface area contributed by atoms with Gasteiger partial charge in [-0.1, -0.05) is 29.2 Å². The average molecular weight is 421 g/mol. The summed E-state index contributed by atoms with van der Waals surface area (Å²) in [5.41, 5.74) is 0. The fourth-order valence-electron chi connectivity index (χ4n) is 3.29. The standard InChI is InChI=1S/C18H24N6O2S2/c25-16(24-9-7-23(8-10-24)15-5-1-2-6-19-15)13-27-18-22-21-17(28-18)20-12-14-4-3-11-26-14/h1-2,5-6,14H,3-4,7-13H2,(H,20,21). The number of pyridine rings is 1. The smallest absolute Gasteiger partial charge is 0.233 e. The SMILES string of the molecule is O=C(CSc1nnc(NCC2CCCO2)s1)N1CCN(c2ccccn2)CC1. The van der Waals surface area contributed by atoms with Crippen molar-refractivity contribution in [2.45, 2.75) is 23.3 Å².